The van der Waals surface area contributed by atoms with Crippen LogP contribution >= 0.6 is 12.6 Å². The van der Waals surface area contributed by atoms with E-state index in [1.54, 1.807) is 0 Å². The fraction of sp³-hybridized carbons (Fsp3) is 0.417. The largest absolute Gasteiger partial charge is 0.350 e. The minimum Gasteiger partial charge on any atom is -0.350 e. The molecular weight excluding hydrogens is 206 g/mol. The smallest absolute Gasteiger partial charge is 0.221 e. The van der Waals surface area contributed by atoms with E-state index < -0.39 is 0 Å². The molecule has 1 N–H and O–H groups in total. The highest BCUT2D eigenvalue weighted by Crippen LogP contribution is 2.12. The Labute approximate surface area is 96.5 Å². The Hall–Kier alpha value is -0.960. The summed E-state index contributed by atoms with van der Waals surface area (Å²) in [6, 6.07) is 8.26. The van der Waals surface area contributed by atoms with Crippen LogP contribution < -0.4 is 5.32 Å². The molecule has 1 unspecified atom stereocenters. The number of rotatable bonds is 4. The van der Waals surface area contributed by atoms with Crippen molar-refractivity contribution in [2.45, 2.75) is 26.3 Å². The van der Waals surface area contributed by atoms with Crippen LogP contribution in [0, 0.1) is 6.92 Å². The summed E-state index contributed by atoms with van der Waals surface area (Å²) in [5.41, 5.74) is 2.36. The molecule has 2 nitrogen and oxygen atoms in total. The second kappa shape index (κ2) is 5.81. The van der Waals surface area contributed by atoms with E-state index in [1.165, 1.54) is 5.56 Å². The van der Waals surface area contributed by atoms with E-state index in [-0.39, 0.29) is 11.9 Å². The van der Waals surface area contributed by atoms with Gasteiger partial charge in [0.1, 0.15) is 0 Å². The van der Waals surface area contributed by atoms with Crippen molar-refractivity contribution in [3.63, 3.8) is 0 Å². The molecule has 0 saturated carbocycles. The second-order valence-electron chi connectivity index (χ2n) is 3.67. The van der Waals surface area contributed by atoms with Gasteiger partial charge < -0.3 is 5.32 Å². The van der Waals surface area contributed by atoms with Crippen molar-refractivity contribution in [2.75, 3.05) is 5.75 Å². The summed E-state index contributed by atoms with van der Waals surface area (Å²) in [7, 11) is 0. The molecule has 1 rings (SSSR count). The normalized spacial score (nSPS) is 12.2. The highest BCUT2D eigenvalue weighted by atomic mass is 32.1. The van der Waals surface area contributed by atoms with Crippen molar-refractivity contribution in [3.05, 3.63) is 35.4 Å². The predicted molar refractivity (Wildman–Crippen MR) is 66.2 cm³/mol. The lowest BCUT2D eigenvalue weighted by Crippen LogP contribution is -2.26. The number of aryl methyl sites for hydroxylation is 1. The summed E-state index contributed by atoms with van der Waals surface area (Å²) in [6.45, 7) is 4.04. The van der Waals surface area contributed by atoms with Gasteiger partial charge in [0.15, 0.2) is 0 Å². The molecule has 82 valence electrons. The van der Waals surface area contributed by atoms with Crippen molar-refractivity contribution in [3.8, 4) is 0 Å². The van der Waals surface area contributed by atoms with Crippen molar-refractivity contribution in [2.24, 2.45) is 0 Å². The van der Waals surface area contributed by atoms with Gasteiger partial charge in [-0.15, -0.1) is 0 Å². The van der Waals surface area contributed by atoms with Crippen LogP contribution in [0.2, 0.25) is 0 Å². The van der Waals surface area contributed by atoms with Crippen LogP contribution in [-0.4, -0.2) is 11.7 Å². The molecule has 1 atom stereocenters. The monoisotopic (exact) mass is 223 g/mol. The fourth-order valence-electron chi connectivity index (χ4n) is 1.35. The van der Waals surface area contributed by atoms with Crippen molar-refractivity contribution >= 4 is 18.5 Å². The van der Waals surface area contributed by atoms with Gasteiger partial charge in [0.25, 0.3) is 0 Å². The molecule has 15 heavy (non-hydrogen) atoms. The first-order chi connectivity index (χ1) is 7.13. The zero-order valence-electron chi connectivity index (χ0n) is 9.16. The van der Waals surface area contributed by atoms with Gasteiger partial charge in [-0.2, -0.15) is 12.6 Å². The van der Waals surface area contributed by atoms with Crippen LogP contribution in [0.5, 0.6) is 0 Å². The number of amides is 1. The summed E-state index contributed by atoms with van der Waals surface area (Å²) in [5.74, 6) is 0.644. The van der Waals surface area contributed by atoms with Crippen molar-refractivity contribution in [1.29, 1.82) is 0 Å². The summed E-state index contributed by atoms with van der Waals surface area (Å²) in [5, 5.41) is 2.93. The van der Waals surface area contributed by atoms with E-state index in [4.69, 9.17) is 0 Å². The van der Waals surface area contributed by atoms with E-state index in [9.17, 15) is 4.79 Å². The fourth-order valence-corrected chi connectivity index (χ4v) is 1.56. The van der Waals surface area contributed by atoms with Crippen molar-refractivity contribution in [1.82, 2.24) is 5.32 Å². The molecular formula is C12H17NOS. The van der Waals surface area contributed by atoms with Crippen LogP contribution in [0.15, 0.2) is 24.3 Å². The molecule has 0 radical (unpaired) electrons. The molecule has 0 bridgehead atoms. The molecule has 0 aliphatic rings. The van der Waals surface area contributed by atoms with Crippen LogP contribution in [0.1, 0.15) is 30.5 Å². The molecule has 1 aromatic carbocycles. The maximum absolute atomic E-state index is 11.3. The maximum atomic E-state index is 11.3. The molecule has 0 aromatic heterocycles. The molecule has 0 heterocycles. The number of carbonyl (C=O) groups is 1. The molecule has 0 fully saturated rings. The van der Waals surface area contributed by atoms with Crippen LogP contribution in [0.25, 0.3) is 0 Å². The average molecular weight is 223 g/mol. The minimum absolute atomic E-state index is 0.0538. The first-order valence-electron chi connectivity index (χ1n) is 5.10. The van der Waals surface area contributed by atoms with E-state index >= 15 is 0 Å². The second-order valence-corrected chi connectivity index (χ2v) is 4.12. The minimum atomic E-state index is 0.0538. The van der Waals surface area contributed by atoms with Gasteiger partial charge in [0, 0.05) is 6.42 Å². The van der Waals surface area contributed by atoms with Gasteiger partial charge >= 0.3 is 0 Å². The lowest BCUT2D eigenvalue weighted by atomic mass is 10.1. The highest BCUT2D eigenvalue weighted by Gasteiger charge is 2.07. The number of carbonyl (C=O) groups excluding carboxylic acids is 1. The number of hydrogen-bond acceptors (Lipinski definition) is 2. The Kier molecular flexibility index (Phi) is 4.69. The molecule has 0 saturated heterocycles. The summed E-state index contributed by atoms with van der Waals surface area (Å²) in [4.78, 5) is 11.3. The Bertz CT molecular complexity index is 321. The topological polar surface area (TPSA) is 29.1 Å². The van der Waals surface area contributed by atoms with Gasteiger partial charge in [-0.05, 0) is 25.2 Å². The summed E-state index contributed by atoms with van der Waals surface area (Å²) in [6.07, 6.45) is 0.472. The van der Waals surface area contributed by atoms with Gasteiger partial charge in [0.05, 0.1) is 6.04 Å². The lowest BCUT2D eigenvalue weighted by Gasteiger charge is -2.14. The van der Waals surface area contributed by atoms with E-state index in [0.29, 0.717) is 12.2 Å². The third kappa shape index (κ3) is 3.96. The zero-order chi connectivity index (χ0) is 11.3. The first-order valence-corrected chi connectivity index (χ1v) is 5.73. The molecule has 3 heteroatoms. The Morgan fingerprint density at radius 1 is 1.40 bits per heavy atom. The number of hydrogen-bond donors (Lipinski definition) is 2. The summed E-state index contributed by atoms with van der Waals surface area (Å²) < 4.78 is 0. The van der Waals surface area contributed by atoms with Crippen LogP contribution in [0.4, 0.5) is 0 Å². The quantitative estimate of drug-likeness (QED) is 0.754. The zero-order valence-corrected chi connectivity index (χ0v) is 10.1. The molecule has 1 aromatic rings. The third-order valence-electron chi connectivity index (χ3n) is 2.29. The Morgan fingerprint density at radius 2 is 2.00 bits per heavy atom. The van der Waals surface area contributed by atoms with Gasteiger partial charge in [-0.3, -0.25) is 4.79 Å². The standard InChI is InChI=1S/C12H17NOS/c1-9-3-5-11(6-4-9)10(2)13-12(14)7-8-15/h3-6,10,15H,7-8H2,1-2H3,(H,13,14). The van der Waals surface area contributed by atoms with Crippen LogP contribution in [-0.2, 0) is 4.79 Å². The summed E-state index contributed by atoms with van der Waals surface area (Å²) >= 11 is 4.02. The maximum Gasteiger partial charge on any atom is 0.221 e. The first kappa shape index (κ1) is 12.1. The van der Waals surface area contributed by atoms with E-state index in [0.717, 1.165) is 5.56 Å². The highest BCUT2D eigenvalue weighted by molar-refractivity contribution is 7.80. The number of nitrogens with one attached hydrogen (secondary N) is 1. The Balaban J connectivity index is 2.57. The van der Waals surface area contributed by atoms with Crippen LogP contribution in [0.3, 0.4) is 0 Å². The molecule has 0 aliphatic carbocycles. The van der Waals surface area contributed by atoms with E-state index in [1.807, 2.05) is 26.0 Å². The van der Waals surface area contributed by atoms with E-state index in [2.05, 4.69) is 30.1 Å². The predicted octanol–water partition coefficient (Wildman–Crippen LogP) is 2.49. The molecule has 1 amide bonds. The van der Waals surface area contributed by atoms with Gasteiger partial charge in [-0.1, -0.05) is 29.8 Å². The Morgan fingerprint density at radius 3 is 2.53 bits per heavy atom. The van der Waals surface area contributed by atoms with Gasteiger partial charge in [0.2, 0.25) is 5.91 Å². The lowest BCUT2D eigenvalue weighted by molar-refractivity contribution is -0.121. The number of benzene rings is 1. The average Bonchev–Trinajstić information content (AvgIpc) is 2.18. The molecule has 0 spiro atoms. The molecule has 0 aliphatic heterocycles. The van der Waals surface area contributed by atoms with Crippen molar-refractivity contribution < 1.29 is 4.79 Å². The number of thiol groups is 1. The third-order valence-corrected chi connectivity index (χ3v) is 2.52. The van der Waals surface area contributed by atoms with Gasteiger partial charge in [-0.25, -0.2) is 0 Å². The SMILES string of the molecule is Cc1ccc(C(C)NC(=O)CCS)cc1.